The summed E-state index contributed by atoms with van der Waals surface area (Å²) in [6.45, 7) is 5.46. The minimum Gasteiger partial charge on any atom is -0.348 e. The number of tetrazole rings is 1. The maximum Gasteiger partial charge on any atom is 0.242 e. The lowest BCUT2D eigenvalue weighted by atomic mass is 10.1. The summed E-state index contributed by atoms with van der Waals surface area (Å²) < 4.78 is 1.65. The number of nitrogens with zero attached hydrogens (tertiary/aromatic N) is 5. The molecule has 2 heterocycles. The SMILES string of the molecule is CCN1CC(Nc2nnnn2C)C1. The van der Waals surface area contributed by atoms with Gasteiger partial charge < -0.3 is 5.32 Å². The van der Waals surface area contributed by atoms with Crippen molar-refractivity contribution in [3.8, 4) is 0 Å². The molecule has 1 saturated heterocycles. The minimum atomic E-state index is 0.504. The van der Waals surface area contributed by atoms with Gasteiger partial charge in [0.05, 0.1) is 6.04 Å². The number of aryl methyl sites for hydroxylation is 1. The fourth-order valence-corrected chi connectivity index (χ4v) is 1.45. The van der Waals surface area contributed by atoms with Gasteiger partial charge in [0, 0.05) is 20.1 Å². The Kier molecular flexibility index (Phi) is 2.13. The van der Waals surface area contributed by atoms with E-state index in [1.165, 1.54) is 0 Å². The summed E-state index contributed by atoms with van der Waals surface area (Å²) in [6.07, 6.45) is 0. The number of aromatic nitrogens is 4. The van der Waals surface area contributed by atoms with E-state index in [1.54, 1.807) is 4.68 Å². The van der Waals surface area contributed by atoms with Gasteiger partial charge in [0.25, 0.3) is 0 Å². The Hall–Kier alpha value is -1.17. The van der Waals surface area contributed by atoms with Crippen molar-refractivity contribution in [1.82, 2.24) is 25.1 Å². The van der Waals surface area contributed by atoms with Crippen LogP contribution < -0.4 is 5.32 Å². The van der Waals surface area contributed by atoms with E-state index in [0.717, 1.165) is 25.6 Å². The number of nitrogens with one attached hydrogen (secondary N) is 1. The number of likely N-dealkylation sites (N-methyl/N-ethyl adjacent to an activating group) is 1. The Morgan fingerprint density at radius 3 is 2.85 bits per heavy atom. The van der Waals surface area contributed by atoms with Crippen molar-refractivity contribution in [3.63, 3.8) is 0 Å². The smallest absolute Gasteiger partial charge is 0.242 e. The molecule has 0 bridgehead atoms. The molecule has 72 valence electrons. The average Bonchev–Trinajstić information content (AvgIpc) is 2.43. The highest BCUT2D eigenvalue weighted by Gasteiger charge is 2.25. The predicted octanol–water partition coefficient (Wildman–Crippen LogP) is -0.674. The van der Waals surface area contributed by atoms with Gasteiger partial charge >= 0.3 is 0 Å². The van der Waals surface area contributed by atoms with Crippen LogP contribution in [0.3, 0.4) is 0 Å². The first-order chi connectivity index (χ1) is 6.29. The zero-order valence-electron chi connectivity index (χ0n) is 7.93. The first kappa shape index (κ1) is 8.43. The van der Waals surface area contributed by atoms with Gasteiger partial charge in [0.1, 0.15) is 0 Å². The lowest BCUT2D eigenvalue weighted by molar-refractivity contribution is 0.170. The lowest BCUT2D eigenvalue weighted by Crippen LogP contribution is -2.54. The minimum absolute atomic E-state index is 0.504. The highest BCUT2D eigenvalue weighted by Crippen LogP contribution is 2.11. The van der Waals surface area contributed by atoms with Crippen LogP contribution in [0.1, 0.15) is 6.92 Å². The van der Waals surface area contributed by atoms with Crippen molar-refractivity contribution in [2.24, 2.45) is 7.05 Å². The third-order valence-electron chi connectivity index (χ3n) is 2.36. The second-order valence-electron chi connectivity index (χ2n) is 3.32. The Morgan fingerprint density at radius 1 is 1.54 bits per heavy atom. The van der Waals surface area contributed by atoms with Gasteiger partial charge in [-0.15, -0.1) is 0 Å². The van der Waals surface area contributed by atoms with Crippen LogP contribution in [0.25, 0.3) is 0 Å². The number of hydrogen-bond acceptors (Lipinski definition) is 5. The number of hydrogen-bond donors (Lipinski definition) is 1. The molecule has 2 rings (SSSR count). The van der Waals surface area contributed by atoms with Crippen LogP contribution in [0.4, 0.5) is 5.95 Å². The number of likely N-dealkylation sites (tertiary alicyclic amines) is 1. The van der Waals surface area contributed by atoms with Crippen molar-refractivity contribution in [3.05, 3.63) is 0 Å². The van der Waals surface area contributed by atoms with Gasteiger partial charge in [-0.2, -0.15) is 0 Å². The van der Waals surface area contributed by atoms with Crippen molar-refractivity contribution in [2.45, 2.75) is 13.0 Å². The normalized spacial score (nSPS) is 18.6. The highest BCUT2D eigenvalue weighted by molar-refractivity contribution is 5.25. The fraction of sp³-hybridized carbons (Fsp3) is 0.857. The number of anilines is 1. The Morgan fingerprint density at radius 2 is 2.31 bits per heavy atom. The summed E-state index contributed by atoms with van der Waals surface area (Å²) in [5.74, 6) is 0.751. The summed E-state index contributed by atoms with van der Waals surface area (Å²) in [4.78, 5) is 2.36. The van der Waals surface area contributed by atoms with Gasteiger partial charge in [0.2, 0.25) is 5.95 Å². The molecule has 1 aromatic rings. The summed E-state index contributed by atoms with van der Waals surface area (Å²) in [7, 11) is 1.83. The molecule has 0 spiro atoms. The topological polar surface area (TPSA) is 58.9 Å². The van der Waals surface area contributed by atoms with E-state index in [4.69, 9.17) is 0 Å². The molecular formula is C7H14N6. The quantitative estimate of drug-likeness (QED) is 0.671. The highest BCUT2D eigenvalue weighted by atomic mass is 15.6. The second-order valence-corrected chi connectivity index (χ2v) is 3.32. The van der Waals surface area contributed by atoms with E-state index in [2.05, 4.69) is 32.7 Å². The molecule has 1 aliphatic heterocycles. The van der Waals surface area contributed by atoms with E-state index in [-0.39, 0.29) is 0 Å². The summed E-state index contributed by atoms with van der Waals surface area (Å²) in [6, 6.07) is 0.504. The van der Waals surface area contributed by atoms with Crippen molar-refractivity contribution >= 4 is 5.95 Å². The molecule has 1 aliphatic rings. The van der Waals surface area contributed by atoms with E-state index < -0.39 is 0 Å². The van der Waals surface area contributed by atoms with Gasteiger partial charge in [-0.25, -0.2) is 4.68 Å². The van der Waals surface area contributed by atoms with E-state index in [0.29, 0.717) is 6.04 Å². The molecule has 0 aromatic carbocycles. The van der Waals surface area contributed by atoms with Gasteiger partial charge in [-0.3, -0.25) is 4.90 Å². The molecular weight excluding hydrogens is 168 g/mol. The maximum atomic E-state index is 3.86. The summed E-state index contributed by atoms with van der Waals surface area (Å²) >= 11 is 0. The molecule has 0 amide bonds. The largest absolute Gasteiger partial charge is 0.348 e. The maximum absolute atomic E-state index is 3.86. The second kappa shape index (κ2) is 3.29. The van der Waals surface area contributed by atoms with Crippen molar-refractivity contribution in [1.29, 1.82) is 0 Å². The van der Waals surface area contributed by atoms with Gasteiger partial charge in [-0.05, 0) is 17.0 Å². The fourth-order valence-electron chi connectivity index (χ4n) is 1.45. The monoisotopic (exact) mass is 182 g/mol. The van der Waals surface area contributed by atoms with Crippen LogP contribution in [0.5, 0.6) is 0 Å². The van der Waals surface area contributed by atoms with Crippen molar-refractivity contribution in [2.75, 3.05) is 25.0 Å². The van der Waals surface area contributed by atoms with E-state index in [1.807, 2.05) is 7.05 Å². The first-order valence-corrected chi connectivity index (χ1v) is 4.51. The summed E-state index contributed by atoms with van der Waals surface area (Å²) in [5.41, 5.74) is 0. The molecule has 1 fully saturated rings. The zero-order valence-corrected chi connectivity index (χ0v) is 7.93. The molecule has 0 atom stereocenters. The van der Waals surface area contributed by atoms with Crippen molar-refractivity contribution < 1.29 is 0 Å². The Labute approximate surface area is 76.9 Å². The lowest BCUT2D eigenvalue weighted by Gasteiger charge is -2.38. The summed E-state index contributed by atoms with van der Waals surface area (Å²) in [5, 5.41) is 14.4. The molecule has 6 heteroatoms. The van der Waals surface area contributed by atoms with Crippen LogP contribution >= 0.6 is 0 Å². The third kappa shape index (κ3) is 1.62. The Bertz CT molecular complexity index is 276. The van der Waals surface area contributed by atoms with Crippen LogP contribution in [0.2, 0.25) is 0 Å². The number of rotatable bonds is 3. The van der Waals surface area contributed by atoms with E-state index >= 15 is 0 Å². The molecule has 0 unspecified atom stereocenters. The molecule has 0 aliphatic carbocycles. The standard InChI is InChI=1S/C7H14N6/c1-3-13-4-6(5-13)8-7-9-10-11-12(7)2/h6H,3-5H2,1-2H3,(H,8,9,11). The van der Waals surface area contributed by atoms with Crippen LogP contribution in [0.15, 0.2) is 0 Å². The molecule has 1 aromatic heterocycles. The first-order valence-electron chi connectivity index (χ1n) is 4.51. The van der Waals surface area contributed by atoms with Crippen LogP contribution in [-0.4, -0.2) is 50.8 Å². The van der Waals surface area contributed by atoms with Crippen LogP contribution in [-0.2, 0) is 7.05 Å². The van der Waals surface area contributed by atoms with Crippen LogP contribution in [0, 0.1) is 0 Å². The van der Waals surface area contributed by atoms with Gasteiger partial charge in [0.15, 0.2) is 0 Å². The third-order valence-corrected chi connectivity index (χ3v) is 2.36. The molecule has 0 saturated carbocycles. The average molecular weight is 182 g/mol. The van der Waals surface area contributed by atoms with Gasteiger partial charge in [-0.1, -0.05) is 12.0 Å². The molecule has 13 heavy (non-hydrogen) atoms. The zero-order chi connectivity index (χ0) is 9.26. The molecule has 6 nitrogen and oxygen atoms in total. The Balaban J connectivity index is 1.84. The molecule has 1 N–H and O–H groups in total. The molecule has 0 radical (unpaired) electrons. The predicted molar refractivity (Wildman–Crippen MR) is 48.3 cm³/mol. The van der Waals surface area contributed by atoms with E-state index in [9.17, 15) is 0 Å².